The van der Waals surface area contributed by atoms with Gasteiger partial charge in [0.2, 0.25) is 0 Å². The number of alkyl halides is 3. The van der Waals surface area contributed by atoms with Crippen LogP contribution in [-0.4, -0.2) is 4.12 Å². The van der Waals surface area contributed by atoms with Gasteiger partial charge in [-0.2, -0.15) is 8.78 Å². The van der Waals surface area contributed by atoms with E-state index < -0.39 is 4.12 Å². The molecule has 2 N–H and O–H groups in total. The summed E-state index contributed by atoms with van der Waals surface area (Å²) in [7, 11) is 0. The molecule has 1 rings (SSSR count). The first-order valence-corrected chi connectivity index (χ1v) is 4.16. The third-order valence-corrected chi connectivity index (χ3v) is 1.33. The summed E-state index contributed by atoms with van der Waals surface area (Å²) in [6, 6.07) is 5.78. The summed E-state index contributed by atoms with van der Waals surface area (Å²) in [5.41, 5.74) is 5.86. The molecule has 0 unspecified atom stereocenters. The van der Waals surface area contributed by atoms with Gasteiger partial charge in [-0.15, -0.1) is 0 Å². The summed E-state index contributed by atoms with van der Waals surface area (Å²) in [4.78, 5) is 0. The van der Waals surface area contributed by atoms with Crippen LogP contribution in [0.4, 0.5) is 14.5 Å². The molecule has 0 heterocycles. The Balaban J connectivity index is 2.71. The Hall–Kier alpha value is -0.590. The molecule has 0 amide bonds. The van der Waals surface area contributed by atoms with Crippen LogP contribution in [0, 0.1) is 0 Å². The van der Waals surface area contributed by atoms with Crippen LogP contribution in [0.5, 0.6) is 5.75 Å². The maximum atomic E-state index is 12.2. The Morgan fingerprint density at radius 3 is 2.17 bits per heavy atom. The van der Waals surface area contributed by atoms with Crippen LogP contribution < -0.4 is 10.5 Å². The molecule has 0 aliphatic rings. The topological polar surface area (TPSA) is 35.2 Å². The monoisotopic (exact) mass is 285 g/mol. The number of hydrogen-bond acceptors (Lipinski definition) is 2. The molecule has 0 atom stereocenters. The highest BCUT2D eigenvalue weighted by Crippen LogP contribution is 2.27. The van der Waals surface area contributed by atoms with Crippen LogP contribution in [0.3, 0.4) is 0 Å². The van der Waals surface area contributed by atoms with Gasteiger partial charge in [-0.05, 0) is 24.3 Å². The second-order valence-electron chi connectivity index (χ2n) is 2.12. The van der Waals surface area contributed by atoms with E-state index in [0.29, 0.717) is 5.69 Å². The molecule has 0 aliphatic heterocycles. The van der Waals surface area contributed by atoms with Gasteiger partial charge >= 0.3 is 4.12 Å². The lowest BCUT2D eigenvalue weighted by Gasteiger charge is -2.10. The fourth-order valence-corrected chi connectivity index (χ4v) is 0.924. The normalized spacial score (nSPS) is 11.2. The first-order valence-electron chi connectivity index (χ1n) is 3.09. The van der Waals surface area contributed by atoms with Crippen molar-refractivity contribution in [1.82, 2.24) is 0 Å². The second kappa shape index (κ2) is 3.42. The number of nitrogens with two attached hydrogens (primary N) is 1. The van der Waals surface area contributed by atoms with Crippen molar-refractivity contribution in [2.24, 2.45) is 0 Å². The molecule has 0 aromatic heterocycles. The minimum absolute atomic E-state index is 0.101. The van der Waals surface area contributed by atoms with Crippen molar-refractivity contribution in [1.29, 1.82) is 0 Å². The quantitative estimate of drug-likeness (QED) is 0.515. The van der Waals surface area contributed by atoms with E-state index >= 15 is 0 Å². The number of ether oxygens (including phenoxy) is 1. The van der Waals surface area contributed by atoms with Gasteiger partial charge in [-0.1, -0.05) is 0 Å². The van der Waals surface area contributed by atoms with Crippen LogP contribution in [0.15, 0.2) is 24.3 Å². The number of anilines is 1. The predicted octanol–water partition coefficient (Wildman–Crippen LogP) is 2.63. The van der Waals surface area contributed by atoms with Gasteiger partial charge in [-0.25, -0.2) is 0 Å². The van der Waals surface area contributed by atoms with E-state index in [1.165, 1.54) is 24.3 Å². The lowest BCUT2D eigenvalue weighted by atomic mass is 10.3. The minimum atomic E-state index is -3.17. The van der Waals surface area contributed by atoms with Crippen LogP contribution in [0.25, 0.3) is 0 Å². The van der Waals surface area contributed by atoms with Gasteiger partial charge in [0.15, 0.2) is 0 Å². The first kappa shape index (κ1) is 9.50. The molecule has 5 heteroatoms. The smallest absolute Gasteiger partial charge is 0.425 e. The fourth-order valence-electron chi connectivity index (χ4n) is 0.669. The van der Waals surface area contributed by atoms with Crippen molar-refractivity contribution in [3.05, 3.63) is 24.3 Å². The van der Waals surface area contributed by atoms with E-state index in [2.05, 4.69) is 4.74 Å². The lowest BCUT2D eigenvalue weighted by molar-refractivity contribution is -0.0691. The number of benzene rings is 1. The Kier molecular flexibility index (Phi) is 2.71. The lowest BCUT2D eigenvalue weighted by Crippen LogP contribution is -2.14. The zero-order chi connectivity index (χ0) is 9.19. The summed E-state index contributed by atoms with van der Waals surface area (Å²) in [5.74, 6) is 0.101. The molecule has 0 aliphatic carbocycles. The molecule has 0 saturated heterocycles. The van der Waals surface area contributed by atoms with Crippen molar-refractivity contribution >= 4 is 28.3 Å². The highest BCUT2D eigenvalue weighted by atomic mass is 127. The fraction of sp³-hybridized carbons (Fsp3) is 0.143. The summed E-state index contributed by atoms with van der Waals surface area (Å²) >= 11 is 0.902. The molecule has 1 aromatic rings. The SMILES string of the molecule is Nc1ccc(OC(F)(F)I)cc1. The molecule has 0 saturated carbocycles. The highest BCUT2D eigenvalue weighted by Gasteiger charge is 2.25. The zero-order valence-electron chi connectivity index (χ0n) is 5.93. The average molecular weight is 285 g/mol. The number of halogens is 3. The van der Waals surface area contributed by atoms with E-state index in [4.69, 9.17) is 5.73 Å². The van der Waals surface area contributed by atoms with Crippen LogP contribution in [0.2, 0.25) is 0 Å². The van der Waals surface area contributed by atoms with Gasteiger partial charge in [0.05, 0.1) is 22.6 Å². The number of rotatable bonds is 2. The van der Waals surface area contributed by atoms with E-state index in [1.807, 2.05) is 0 Å². The third-order valence-electron chi connectivity index (χ3n) is 1.11. The predicted molar refractivity (Wildman–Crippen MR) is 50.4 cm³/mol. The van der Waals surface area contributed by atoms with E-state index in [9.17, 15) is 8.78 Å². The zero-order valence-corrected chi connectivity index (χ0v) is 8.09. The summed E-state index contributed by atoms with van der Waals surface area (Å²) < 4.78 is 25.6. The van der Waals surface area contributed by atoms with Crippen LogP contribution in [-0.2, 0) is 0 Å². The number of hydrogen-bond donors (Lipinski definition) is 1. The summed E-state index contributed by atoms with van der Waals surface area (Å²) in [6.07, 6.45) is 0. The maximum Gasteiger partial charge on any atom is 0.451 e. The molecule has 0 fully saturated rings. The van der Waals surface area contributed by atoms with E-state index in [1.54, 1.807) is 0 Å². The van der Waals surface area contributed by atoms with Gasteiger partial charge < -0.3 is 10.5 Å². The van der Waals surface area contributed by atoms with Crippen molar-refractivity contribution in [2.45, 2.75) is 4.12 Å². The molecule has 2 nitrogen and oxygen atoms in total. The van der Waals surface area contributed by atoms with Crippen molar-refractivity contribution in [3.8, 4) is 5.75 Å². The summed E-state index contributed by atoms with van der Waals surface area (Å²) in [6.45, 7) is 0. The second-order valence-corrected chi connectivity index (χ2v) is 3.37. The Morgan fingerprint density at radius 2 is 1.75 bits per heavy atom. The van der Waals surface area contributed by atoms with E-state index in [0.717, 1.165) is 22.6 Å². The van der Waals surface area contributed by atoms with Crippen molar-refractivity contribution < 1.29 is 13.5 Å². The summed E-state index contributed by atoms with van der Waals surface area (Å²) in [5, 5.41) is 0. The van der Waals surface area contributed by atoms with Gasteiger partial charge in [0.25, 0.3) is 0 Å². The molecule has 0 spiro atoms. The average Bonchev–Trinajstić information content (AvgIpc) is 1.91. The Labute approximate surface area is 81.8 Å². The maximum absolute atomic E-state index is 12.2. The molecule has 66 valence electrons. The molecular formula is C7H6F2INO. The molecule has 12 heavy (non-hydrogen) atoms. The molecule has 0 bridgehead atoms. The van der Waals surface area contributed by atoms with Crippen LogP contribution in [0.1, 0.15) is 0 Å². The van der Waals surface area contributed by atoms with Crippen molar-refractivity contribution in [3.63, 3.8) is 0 Å². The van der Waals surface area contributed by atoms with Crippen molar-refractivity contribution in [2.75, 3.05) is 5.73 Å². The van der Waals surface area contributed by atoms with Gasteiger partial charge in [-0.3, -0.25) is 0 Å². The van der Waals surface area contributed by atoms with Gasteiger partial charge in [0, 0.05) is 5.69 Å². The Morgan fingerprint density at radius 1 is 1.25 bits per heavy atom. The van der Waals surface area contributed by atoms with E-state index in [-0.39, 0.29) is 5.75 Å². The van der Waals surface area contributed by atoms with Gasteiger partial charge in [0.1, 0.15) is 5.75 Å². The molecular weight excluding hydrogens is 279 g/mol. The molecule has 1 aromatic carbocycles. The standard InChI is InChI=1S/C7H6F2INO/c8-7(9,10)12-6-3-1-5(11)2-4-6/h1-4H,11H2. The third kappa shape index (κ3) is 3.21. The molecule has 0 radical (unpaired) electrons. The highest BCUT2D eigenvalue weighted by molar-refractivity contribution is 14.1. The first-order chi connectivity index (χ1) is 5.47. The minimum Gasteiger partial charge on any atom is -0.425 e. The largest absolute Gasteiger partial charge is 0.451 e. The Bertz CT molecular complexity index is 257. The van der Waals surface area contributed by atoms with Crippen LogP contribution >= 0.6 is 22.6 Å². The number of nitrogen functional groups attached to an aromatic ring is 1.